The summed E-state index contributed by atoms with van der Waals surface area (Å²) in [7, 11) is 0. The van der Waals surface area contributed by atoms with Gasteiger partial charge in [0.05, 0.1) is 12.1 Å². The van der Waals surface area contributed by atoms with Crippen molar-refractivity contribution in [3.63, 3.8) is 0 Å². The Morgan fingerprint density at radius 3 is 2.88 bits per heavy atom. The molecule has 1 N–H and O–H groups in total. The Bertz CT molecular complexity index is 755. The van der Waals surface area contributed by atoms with Gasteiger partial charge in [0.2, 0.25) is 5.88 Å². The fraction of sp³-hybridized carbons (Fsp3) is 0.353. The molecule has 9 heteroatoms. The van der Waals surface area contributed by atoms with Crippen LogP contribution in [-0.2, 0) is 6.18 Å². The van der Waals surface area contributed by atoms with Gasteiger partial charge in [-0.25, -0.2) is 14.8 Å². The van der Waals surface area contributed by atoms with Crippen molar-refractivity contribution in [2.24, 2.45) is 0 Å². The second-order valence-electron chi connectivity index (χ2n) is 5.88. The molecule has 2 heterocycles. The zero-order valence-electron chi connectivity index (χ0n) is 13.7. The second-order valence-corrected chi connectivity index (χ2v) is 5.88. The quantitative estimate of drug-likeness (QED) is 0.902. The number of hydrogen-bond acceptors (Lipinski definition) is 4. The van der Waals surface area contributed by atoms with Gasteiger partial charge in [0, 0.05) is 24.5 Å². The highest BCUT2D eigenvalue weighted by atomic mass is 19.4. The van der Waals surface area contributed by atoms with Crippen LogP contribution in [0.25, 0.3) is 0 Å². The number of alkyl halides is 3. The number of halogens is 3. The monoisotopic (exact) mass is 366 g/mol. The van der Waals surface area contributed by atoms with Crippen molar-refractivity contribution in [1.29, 1.82) is 0 Å². The summed E-state index contributed by atoms with van der Waals surface area (Å²) in [6.45, 7) is 0.837. The predicted molar refractivity (Wildman–Crippen MR) is 87.7 cm³/mol. The van der Waals surface area contributed by atoms with Crippen LogP contribution in [-0.4, -0.2) is 40.1 Å². The number of aromatic nitrogens is 2. The number of amides is 2. The number of carbonyl (C=O) groups is 1. The molecule has 0 bridgehead atoms. The lowest BCUT2D eigenvalue weighted by molar-refractivity contribution is -0.137. The topological polar surface area (TPSA) is 67.4 Å². The van der Waals surface area contributed by atoms with Crippen LogP contribution in [0.1, 0.15) is 18.4 Å². The van der Waals surface area contributed by atoms with E-state index in [0.717, 1.165) is 25.0 Å². The summed E-state index contributed by atoms with van der Waals surface area (Å²) in [6, 6.07) is 5.72. The number of carbonyl (C=O) groups excluding carboxylic acids is 1. The molecule has 0 radical (unpaired) electrons. The average Bonchev–Trinajstić information content (AvgIpc) is 2.62. The average molecular weight is 366 g/mol. The van der Waals surface area contributed by atoms with E-state index >= 15 is 0 Å². The Labute approximate surface area is 148 Å². The molecule has 1 aliphatic heterocycles. The van der Waals surface area contributed by atoms with Crippen LogP contribution in [0, 0.1) is 0 Å². The third-order valence-corrected chi connectivity index (χ3v) is 3.95. The molecule has 1 aromatic carbocycles. The van der Waals surface area contributed by atoms with Crippen LogP contribution in [0.15, 0.2) is 42.9 Å². The predicted octanol–water partition coefficient (Wildman–Crippen LogP) is 3.57. The van der Waals surface area contributed by atoms with E-state index in [-0.39, 0.29) is 11.8 Å². The molecular weight excluding hydrogens is 349 g/mol. The number of rotatable bonds is 3. The highest BCUT2D eigenvalue weighted by Gasteiger charge is 2.31. The van der Waals surface area contributed by atoms with E-state index in [1.165, 1.54) is 23.4 Å². The zero-order valence-corrected chi connectivity index (χ0v) is 13.7. The SMILES string of the molecule is O=C(Nc1cccc(C(F)(F)F)c1)N1CCC[C@H](Oc2ccncn2)C1. The van der Waals surface area contributed by atoms with Crippen LogP contribution >= 0.6 is 0 Å². The number of ether oxygens (including phenoxy) is 1. The Kier molecular flexibility index (Phi) is 5.24. The molecule has 2 aromatic rings. The van der Waals surface area contributed by atoms with Gasteiger partial charge in [-0.1, -0.05) is 6.07 Å². The van der Waals surface area contributed by atoms with Crippen LogP contribution in [0.3, 0.4) is 0 Å². The molecule has 1 saturated heterocycles. The Morgan fingerprint density at radius 2 is 2.15 bits per heavy atom. The lowest BCUT2D eigenvalue weighted by atomic mass is 10.1. The first kappa shape index (κ1) is 18.0. The van der Waals surface area contributed by atoms with Crippen molar-refractivity contribution in [3.8, 4) is 5.88 Å². The molecular formula is C17H17F3N4O2. The fourth-order valence-electron chi connectivity index (χ4n) is 2.71. The molecule has 1 fully saturated rings. The standard InChI is InChI=1S/C17H17F3N4O2/c18-17(19,20)12-3-1-4-13(9-12)23-16(25)24-8-2-5-14(10-24)26-15-6-7-21-11-22-15/h1,3-4,6-7,9,11,14H,2,5,8,10H2,(H,23,25)/t14-/m0/s1. The second kappa shape index (κ2) is 7.59. The van der Waals surface area contributed by atoms with E-state index in [1.807, 2.05) is 0 Å². The molecule has 1 aromatic heterocycles. The summed E-state index contributed by atoms with van der Waals surface area (Å²) < 4.78 is 44.0. The summed E-state index contributed by atoms with van der Waals surface area (Å²) in [5, 5.41) is 2.51. The fourth-order valence-corrected chi connectivity index (χ4v) is 2.71. The maximum Gasteiger partial charge on any atom is 0.416 e. The van der Waals surface area contributed by atoms with E-state index in [9.17, 15) is 18.0 Å². The molecule has 138 valence electrons. The molecule has 1 aliphatic rings. The summed E-state index contributed by atoms with van der Waals surface area (Å²) in [5.74, 6) is 0.421. The number of nitrogens with one attached hydrogen (secondary N) is 1. The highest BCUT2D eigenvalue weighted by molar-refractivity contribution is 5.89. The molecule has 26 heavy (non-hydrogen) atoms. The molecule has 2 amide bonds. The van der Waals surface area contributed by atoms with Gasteiger partial charge in [-0.05, 0) is 31.0 Å². The smallest absolute Gasteiger partial charge is 0.416 e. The molecule has 0 aliphatic carbocycles. The van der Waals surface area contributed by atoms with Crippen LogP contribution in [0.2, 0.25) is 0 Å². The van der Waals surface area contributed by atoms with Gasteiger partial charge in [0.1, 0.15) is 12.4 Å². The summed E-state index contributed by atoms with van der Waals surface area (Å²) >= 11 is 0. The Hall–Kier alpha value is -2.84. The highest BCUT2D eigenvalue weighted by Crippen LogP contribution is 2.30. The van der Waals surface area contributed by atoms with Crippen molar-refractivity contribution in [1.82, 2.24) is 14.9 Å². The normalized spacial score (nSPS) is 17.7. The van der Waals surface area contributed by atoms with Gasteiger partial charge < -0.3 is 15.0 Å². The number of hydrogen-bond donors (Lipinski definition) is 1. The molecule has 1 atom stereocenters. The van der Waals surface area contributed by atoms with Crippen LogP contribution in [0.4, 0.5) is 23.7 Å². The lowest BCUT2D eigenvalue weighted by Crippen LogP contribution is -2.46. The minimum absolute atomic E-state index is 0.101. The first-order valence-corrected chi connectivity index (χ1v) is 8.08. The summed E-state index contributed by atoms with van der Waals surface area (Å²) in [4.78, 5) is 21.7. The molecule has 0 saturated carbocycles. The number of likely N-dealkylation sites (tertiary alicyclic amines) is 1. The number of urea groups is 1. The van der Waals surface area contributed by atoms with E-state index in [2.05, 4.69) is 15.3 Å². The largest absolute Gasteiger partial charge is 0.472 e. The third kappa shape index (κ3) is 4.62. The van der Waals surface area contributed by atoms with Crippen LogP contribution < -0.4 is 10.1 Å². The van der Waals surface area contributed by atoms with Crippen molar-refractivity contribution < 1.29 is 22.7 Å². The number of nitrogens with zero attached hydrogens (tertiary/aromatic N) is 3. The minimum atomic E-state index is -4.46. The molecule has 3 rings (SSSR count). The molecule has 6 nitrogen and oxygen atoms in total. The number of anilines is 1. The van der Waals surface area contributed by atoms with Gasteiger partial charge >= 0.3 is 12.2 Å². The first-order chi connectivity index (χ1) is 12.4. The van der Waals surface area contributed by atoms with Gasteiger partial charge in [0.25, 0.3) is 0 Å². The van der Waals surface area contributed by atoms with Gasteiger partial charge in [0.15, 0.2) is 0 Å². The summed E-state index contributed by atoms with van der Waals surface area (Å²) in [6.07, 6.45) is -0.267. The molecule has 0 unspecified atom stereocenters. The lowest BCUT2D eigenvalue weighted by Gasteiger charge is -2.32. The van der Waals surface area contributed by atoms with Crippen LogP contribution in [0.5, 0.6) is 5.88 Å². The van der Waals surface area contributed by atoms with E-state index in [0.29, 0.717) is 19.0 Å². The van der Waals surface area contributed by atoms with Crippen molar-refractivity contribution >= 4 is 11.7 Å². The van der Waals surface area contributed by atoms with Crippen molar-refractivity contribution in [3.05, 3.63) is 48.4 Å². The van der Waals surface area contributed by atoms with E-state index in [4.69, 9.17) is 4.74 Å². The first-order valence-electron chi connectivity index (χ1n) is 8.08. The Morgan fingerprint density at radius 1 is 1.31 bits per heavy atom. The van der Waals surface area contributed by atoms with Crippen molar-refractivity contribution in [2.75, 3.05) is 18.4 Å². The van der Waals surface area contributed by atoms with Gasteiger partial charge in [-0.15, -0.1) is 0 Å². The number of piperidine rings is 1. The van der Waals surface area contributed by atoms with Gasteiger partial charge in [-0.2, -0.15) is 13.2 Å². The van der Waals surface area contributed by atoms with Gasteiger partial charge in [-0.3, -0.25) is 0 Å². The third-order valence-electron chi connectivity index (χ3n) is 3.95. The van der Waals surface area contributed by atoms with E-state index < -0.39 is 17.8 Å². The maximum absolute atomic E-state index is 12.8. The maximum atomic E-state index is 12.8. The Balaban J connectivity index is 1.61. The summed E-state index contributed by atoms with van der Waals surface area (Å²) in [5.41, 5.74) is -0.706. The zero-order chi connectivity index (χ0) is 18.6. The molecule has 0 spiro atoms. The minimum Gasteiger partial charge on any atom is -0.472 e. The van der Waals surface area contributed by atoms with E-state index in [1.54, 1.807) is 12.3 Å². The number of benzene rings is 1. The van der Waals surface area contributed by atoms with Crippen molar-refractivity contribution in [2.45, 2.75) is 25.1 Å².